The predicted molar refractivity (Wildman–Crippen MR) is 95.4 cm³/mol. The second-order valence-corrected chi connectivity index (χ2v) is 6.04. The minimum atomic E-state index is -0.383. The highest BCUT2D eigenvalue weighted by Gasteiger charge is 2.15. The maximum absolute atomic E-state index is 12.0. The molecule has 7 nitrogen and oxygen atoms in total. The van der Waals surface area contributed by atoms with Crippen LogP contribution in [0.4, 0.5) is 0 Å². The molecule has 3 heterocycles. The Balaban J connectivity index is 1.50. The maximum Gasteiger partial charge on any atom is 0.421 e. The molecule has 7 heteroatoms. The molecule has 0 aliphatic rings. The first-order valence-electron chi connectivity index (χ1n) is 8.24. The van der Waals surface area contributed by atoms with Crippen LogP contribution in [0.5, 0.6) is 0 Å². The first-order chi connectivity index (χ1) is 12.1. The Labute approximate surface area is 143 Å². The summed E-state index contributed by atoms with van der Waals surface area (Å²) in [6.07, 6.45) is 1.66. The number of hydrogen-bond donors (Lipinski definition) is 1. The molecule has 0 saturated carbocycles. The molecule has 0 aliphatic heterocycles. The van der Waals surface area contributed by atoms with E-state index in [1.807, 2.05) is 25.2 Å². The first-order valence-corrected chi connectivity index (χ1v) is 8.24. The molecule has 1 unspecified atom stereocenters. The van der Waals surface area contributed by atoms with E-state index in [2.05, 4.69) is 27.9 Å². The standard InChI is InChI=1S/C18H19N5O2/c1-12(16-21-13-6-3-4-7-14(13)22(16)2)19-10-11-23-17-15(25-18(23)24)8-5-9-20-17/h3-9,12,19H,10-11H2,1-2H3. The lowest BCUT2D eigenvalue weighted by atomic mass is 10.3. The summed E-state index contributed by atoms with van der Waals surface area (Å²) in [4.78, 5) is 20.9. The third-order valence-corrected chi connectivity index (χ3v) is 4.42. The normalized spacial score (nSPS) is 12.9. The van der Waals surface area contributed by atoms with Crippen molar-refractivity contribution in [1.82, 2.24) is 24.4 Å². The Morgan fingerprint density at radius 3 is 2.92 bits per heavy atom. The molecular formula is C18H19N5O2. The third-order valence-electron chi connectivity index (χ3n) is 4.42. The van der Waals surface area contributed by atoms with Crippen LogP contribution in [-0.4, -0.2) is 25.6 Å². The van der Waals surface area contributed by atoms with Gasteiger partial charge >= 0.3 is 5.76 Å². The summed E-state index contributed by atoms with van der Waals surface area (Å²) < 4.78 is 8.84. The van der Waals surface area contributed by atoms with Crippen LogP contribution in [0.3, 0.4) is 0 Å². The lowest BCUT2D eigenvalue weighted by Crippen LogP contribution is -2.28. The van der Waals surface area contributed by atoms with Crippen LogP contribution in [-0.2, 0) is 13.6 Å². The zero-order valence-corrected chi connectivity index (χ0v) is 14.1. The van der Waals surface area contributed by atoms with Crippen molar-refractivity contribution in [3.63, 3.8) is 0 Å². The van der Waals surface area contributed by atoms with E-state index in [0.29, 0.717) is 24.3 Å². The summed E-state index contributed by atoms with van der Waals surface area (Å²) in [5.41, 5.74) is 3.17. The molecule has 0 fully saturated rings. The van der Waals surface area contributed by atoms with Gasteiger partial charge in [-0.05, 0) is 31.2 Å². The number of nitrogens with one attached hydrogen (secondary N) is 1. The maximum atomic E-state index is 12.0. The number of pyridine rings is 1. The van der Waals surface area contributed by atoms with Crippen LogP contribution in [0.2, 0.25) is 0 Å². The van der Waals surface area contributed by atoms with E-state index in [1.165, 1.54) is 0 Å². The van der Waals surface area contributed by atoms with E-state index < -0.39 is 0 Å². The Kier molecular flexibility index (Phi) is 3.85. The van der Waals surface area contributed by atoms with Gasteiger partial charge in [-0.3, -0.25) is 4.57 Å². The fourth-order valence-corrected chi connectivity index (χ4v) is 3.13. The van der Waals surface area contributed by atoms with E-state index >= 15 is 0 Å². The van der Waals surface area contributed by atoms with E-state index in [9.17, 15) is 4.79 Å². The third kappa shape index (κ3) is 2.72. The van der Waals surface area contributed by atoms with Gasteiger partial charge in [0.2, 0.25) is 0 Å². The second-order valence-electron chi connectivity index (χ2n) is 6.04. The highest BCUT2D eigenvalue weighted by molar-refractivity contribution is 5.75. The molecule has 0 bridgehead atoms. The van der Waals surface area contributed by atoms with Crippen LogP contribution in [0.1, 0.15) is 18.8 Å². The van der Waals surface area contributed by atoms with Crippen molar-refractivity contribution in [3.8, 4) is 0 Å². The number of fused-ring (bicyclic) bond motifs is 2. The van der Waals surface area contributed by atoms with Crippen LogP contribution >= 0.6 is 0 Å². The van der Waals surface area contributed by atoms with Gasteiger partial charge in [-0.15, -0.1) is 0 Å². The summed E-state index contributed by atoms with van der Waals surface area (Å²) in [5, 5.41) is 3.42. The number of aryl methyl sites for hydroxylation is 1. The van der Waals surface area contributed by atoms with Gasteiger partial charge in [-0.2, -0.15) is 0 Å². The lowest BCUT2D eigenvalue weighted by molar-refractivity contribution is 0.468. The highest BCUT2D eigenvalue weighted by Crippen LogP contribution is 2.19. The molecule has 4 rings (SSSR count). The zero-order valence-electron chi connectivity index (χ0n) is 14.1. The van der Waals surface area contributed by atoms with Crippen LogP contribution in [0.15, 0.2) is 51.8 Å². The number of aromatic nitrogens is 4. The van der Waals surface area contributed by atoms with Crippen molar-refractivity contribution in [2.45, 2.75) is 19.5 Å². The molecule has 0 radical (unpaired) electrons. The van der Waals surface area contributed by atoms with Crippen molar-refractivity contribution >= 4 is 22.3 Å². The molecule has 0 aliphatic carbocycles. The molecule has 0 amide bonds. The minimum Gasteiger partial charge on any atom is -0.406 e. The van der Waals surface area contributed by atoms with Crippen molar-refractivity contribution in [2.24, 2.45) is 7.05 Å². The average Bonchev–Trinajstić information content (AvgIpc) is 3.13. The minimum absolute atomic E-state index is 0.0548. The first kappa shape index (κ1) is 15.6. The predicted octanol–water partition coefficient (Wildman–Crippen LogP) is 2.23. The van der Waals surface area contributed by atoms with E-state index in [1.54, 1.807) is 22.9 Å². The van der Waals surface area contributed by atoms with Gasteiger partial charge in [-0.1, -0.05) is 12.1 Å². The number of imidazole rings is 1. The van der Waals surface area contributed by atoms with E-state index in [0.717, 1.165) is 16.9 Å². The second kappa shape index (κ2) is 6.18. The summed E-state index contributed by atoms with van der Waals surface area (Å²) in [6, 6.07) is 11.6. The van der Waals surface area contributed by atoms with Crippen LogP contribution in [0, 0.1) is 0 Å². The van der Waals surface area contributed by atoms with Gasteiger partial charge in [0.15, 0.2) is 11.2 Å². The van der Waals surface area contributed by atoms with E-state index in [-0.39, 0.29) is 11.8 Å². The van der Waals surface area contributed by atoms with Gasteiger partial charge in [0.25, 0.3) is 0 Å². The number of para-hydroxylation sites is 2. The van der Waals surface area contributed by atoms with Crippen molar-refractivity contribution < 1.29 is 4.42 Å². The number of benzene rings is 1. The Morgan fingerprint density at radius 2 is 2.08 bits per heavy atom. The number of nitrogens with zero attached hydrogens (tertiary/aromatic N) is 4. The molecule has 0 spiro atoms. The quantitative estimate of drug-likeness (QED) is 0.604. The molecule has 0 saturated heterocycles. The van der Waals surface area contributed by atoms with Crippen LogP contribution in [0.25, 0.3) is 22.3 Å². The van der Waals surface area contributed by atoms with E-state index in [4.69, 9.17) is 9.40 Å². The number of oxazole rings is 1. The largest absolute Gasteiger partial charge is 0.421 e. The van der Waals surface area contributed by atoms with Crippen LogP contribution < -0.4 is 11.1 Å². The average molecular weight is 337 g/mol. The monoisotopic (exact) mass is 337 g/mol. The molecule has 1 atom stereocenters. The van der Waals surface area contributed by atoms with Crippen molar-refractivity contribution in [3.05, 3.63) is 59.0 Å². The van der Waals surface area contributed by atoms with Gasteiger partial charge in [0.1, 0.15) is 5.82 Å². The van der Waals surface area contributed by atoms with Gasteiger partial charge in [-0.25, -0.2) is 14.8 Å². The molecule has 25 heavy (non-hydrogen) atoms. The molecule has 1 N–H and O–H groups in total. The molecular weight excluding hydrogens is 318 g/mol. The fraction of sp³-hybridized carbons (Fsp3) is 0.278. The van der Waals surface area contributed by atoms with Crippen molar-refractivity contribution in [2.75, 3.05) is 6.54 Å². The Morgan fingerprint density at radius 1 is 1.24 bits per heavy atom. The topological polar surface area (TPSA) is 77.9 Å². The Hall–Kier alpha value is -2.93. The molecule has 3 aromatic heterocycles. The lowest BCUT2D eigenvalue weighted by Gasteiger charge is -2.13. The summed E-state index contributed by atoms with van der Waals surface area (Å²) in [7, 11) is 2.01. The molecule has 4 aromatic rings. The Bertz CT molecular complexity index is 1090. The summed E-state index contributed by atoms with van der Waals surface area (Å²) in [5.74, 6) is 0.578. The van der Waals surface area contributed by atoms with Crippen molar-refractivity contribution in [1.29, 1.82) is 0 Å². The molecule has 128 valence electrons. The summed E-state index contributed by atoms with van der Waals surface area (Å²) in [6.45, 7) is 3.16. The summed E-state index contributed by atoms with van der Waals surface area (Å²) >= 11 is 0. The van der Waals surface area contributed by atoms with Gasteiger partial charge in [0, 0.05) is 26.3 Å². The van der Waals surface area contributed by atoms with Gasteiger partial charge < -0.3 is 14.3 Å². The molecule has 1 aromatic carbocycles. The number of hydrogen-bond acceptors (Lipinski definition) is 5. The van der Waals surface area contributed by atoms with Gasteiger partial charge in [0.05, 0.1) is 17.1 Å². The fourth-order valence-electron chi connectivity index (χ4n) is 3.13. The SMILES string of the molecule is CC(NCCn1c(=O)oc2cccnc21)c1nc2ccccc2n1C. The zero-order chi connectivity index (χ0) is 17.4. The smallest absolute Gasteiger partial charge is 0.406 e. The number of rotatable bonds is 5. The highest BCUT2D eigenvalue weighted by atomic mass is 16.4.